The van der Waals surface area contributed by atoms with E-state index in [-0.39, 0.29) is 0 Å². The molecule has 0 aliphatic carbocycles. The van der Waals surface area contributed by atoms with Crippen molar-refractivity contribution in [3.63, 3.8) is 0 Å². The maximum atomic E-state index is 5.81. The molecule has 0 radical (unpaired) electrons. The molecule has 102 valence electrons. The van der Waals surface area contributed by atoms with Crippen molar-refractivity contribution >= 4 is 16.9 Å². The van der Waals surface area contributed by atoms with Crippen LogP contribution < -0.4 is 11.1 Å². The van der Waals surface area contributed by atoms with E-state index in [1.54, 1.807) is 0 Å². The predicted molar refractivity (Wildman–Crippen MR) is 79.1 cm³/mol. The quantitative estimate of drug-likeness (QED) is 0.655. The summed E-state index contributed by atoms with van der Waals surface area (Å²) in [5, 5.41) is 4.23. The van der Waals surface area contributed by atoms with Crippen LogP contribution in [0.3, 0.4) is 0 Å². The number of hydrogen-bond donors (Lipinski definition) is 2. The van der Waals surface area contributed by atoms with E-state index in [9.17, 15) is 0 Å². The second-order valence-electron chi connectivity index (χ2n) is 5.12. The number of nitrogens with two attached hydrogens (primary N) is 1. The number of guanidine groups is 1. The molecule has 2 rings (SSSR count). The Morgan fingerprint density at radius 2 is 2.11 bits per heavy atom. The number of para-hydroxylation sites is 1. The van der Waals surface area contributed by atoms with Crippen LogP contribution in [-0.2, 0) is 6.54 Å². The number of furan rings is 1. The fourth-order valence-electron chi connectivity index (χ4n) is 1.90. The maximum Gasteiger partial charge on any atom is 0.189 e. The third-order valence-corrected chi connectivity index (χ3v) is 3.03. The van der Waals surface area contributed by atoms with E-state index in [1.165, 1.54) is 0 Å². The van der Waals surface area contributed by atoms with Crippen molar-refractivity contribution in [2.75, 3.05) is 6.54 Å². The van der Waals surface area contributed by atoms with Crippen LogP contribution in [0.4, 0.5) is 0 Å². The van der Waals surface area contributed by atoms with Crippen LogP contribution in [0.2, 0.25) is 0 Å². The summed E-state index contributed by atoms with van der Waals surface area (Å²) in [4.78, 5) is 4.31. The van der Waals surface area contributed by atoms with E-state index < -0.39 is 0 Å². The Labute approximate surface area is 113 Å². The molecule has 0 aliphatic rings. The Kier molecular flexibility index (Phi) is 4.10. The standard InChI is InChI=1S/C15H21N3O/c1-10(2)8-17-15(16)18-9-14-11(3)12-6-4-5-7-13(12)19-14/h4-7,10H,8-9H2,1-3H3,(H3,16,17,18). The molecule has 1 aromatic carbocycles. The highest BCUT2D eigenvalue weighted by Crippen LogP contribution is 2.25. The summed E-state index contributed by atoms with van der Waals surface area (Å²) in [5.41, 5.74) is 7.85. The Balaban J connectivity index is 2.09. The van der Waals surface area contributed by atoms with Gasteiger partial charge in [0.05, 0.1) is 0 Å². The van der Waals surface area contributed by atoms with Crippen molar-refractivity contribution in [3.05, 3.63) is 35.6 Å². The van der Waals surface area contributed by atoms with Gasteiger partial charge in [0.1, 0.15) is 17.9 Å². The smallest absolute Gasteiger partial charge is 0.189 e. The average Bonchev–Trinajstić information content (AvgIpc) is 2.71. The summed E-state index contributed by atoms with van der Waals surface area (Å²) in [6, 6.07) is 8.00. The average molecular weight is 259 g/mol. The van der Waals surface area contributed by atoms with E-state index in [2.05, 4.69) is 37.1 Å². The highest BCUT2D eigenvalue weighted by Gasteiger charge is 2.09. The molecule has 0 fully saturated rings. The lowest BCUT2D eigenvalue weighted by molar-refractivity contribution is 0.547. The zero-order valence-electron chi connectivity index (χ0n) is 11.7. The minimum Gasteiger partial charge on any atom is -0.459 e. The molecule has 1 aromatic heterocycles. The van der Waals surface area contributed by atoms with Gasteiger partial charge in [-0.15, -0.1) is 0 Å². The Morgan fingerprint density at radius 3 is 2.79 bits per heavy atom. The zero-order chi connectivity index (χ0) is 13.8. The van der Waals surface area contributed by atoms with Crippen LogP contribution in [0.15, 0.2) is 33.7 Å². The number of aliphatic imine (C=N–C) groups is 1. The van der Waals surface area contributed by atoms with E-state index in [0.29, 0.717) is 18.4 Å². The lowest BCUT2D eigenvalue weighted by Crippen LogP contribution is -2.34. The van der Waals surface area contributed by atoms with Gasteiger partial charge >= 0.3 is 0 Å². The first-order chi connectivity index (χ1) is 9.08. The summed E-state index contributed by atoms with van der Waals surface area (Å²) in [6.07, 6.45) is 0. The fraction of sp³-hybridized carbons (Fsp3) is 0.400. The molecule has 0 unspecified atom stereocenters. The normalized spacial score (nSPS) is 12.3. The molecule has 0 aliphatic heterocycles. The third-order valence-electron chi connectivity index (χ3n) is 3.03. The van der Waals surface area contributed by atoms with Gasteiger partial charge in [-0.05, 0) is 18.9 Å². The van der Waals surface area contributed by atoms with Crippen molar-refractivity contribution < 1.29 is 4.42 Å². The van der Waals surface area contributed by atoms with Crippen LogP contribution in [-0.4, -0.2) is 12.5 Å². The minimum atomic E-state index is 0.466. The van der Waals surface area contributed by atoms with Crippen LogP contribution in [0, 0.1) is 12.8 Å². The second-order valence-corrected chi connectivity index (χ2v) is 5.12. The van der Waals surface area contributed by atoms with Gasteiger partial charge in [-0.2, -0.15) is 0 Å². The molecule has 1 heterocycles. The van der Waals surface area contributed by atoms with Crippen LogP contribution in [0.5, 0.6) is 0 Å². The van der Waals surface area contributed by atoms with Gasteiger partial charge in [-0.25, -0.2) is 4.99 Å². The van der Waals surface area contributed by atoms with Crippen LogP contribution >= 0.6 is 0 Å². The lowest BCUT2D eigenvalue weighted by Gasteiger charge is -2.07. The number of benzene rings is 1. The third kappa shape index (κ3) is 3.28. The van der Waals surface area contributed by atoms with E-state index in [0.717, 1.165) is 28.8 Å². The monoisotopic (exact) mass is 259 g/mol. The Bertz CT molecular complexity index is 584. The molecule has 0 amide bonds. The summed E-state index contributed by atoms with van der Waals surface area (Å²) in [6.45, 7) is 7.60. The molecular weight excluding hydrogens is 238 g/mol. The largest absolute Gasteiger partial charge is 0.459 e. The van der Waals surface area contributed by atoms with Gasteiger partial charge in [-0.1, -0.05) is 32.0 Å². The molecule has 0 atom stereocenters. The molecule has 0 saturated heterocycles. The number of hydrogen-bond acceptors (Lipinski definition) is 2. The van der Waals surface area contributed by atoms with Gasteiger partial charge in [0.2, 0.25) is 0 Å². The van der Waals surface area contributed by atoms with E-state index >= 15 is 0 Å². The van der Waals surface area contributed by atoms with Crippen molar-refractivity contribution in [2.45, 2.75) is 27.3 Å². The highest BCUT2D eigenvalue weighted by atomic mass is 16.3. The summed E-state index contributed by atoms with van der Waals surface area (Å²) >= 11 is 0. The molecule has 4 nitrogen and oxygen atoms in total. The van der Waals surface area contributed by atoms with Gasteiger partial charge in [0.15, 0.2) is 5.96 Å². The molecule has 0 saturated carbocycles. The molecule has 2 aromatic rings. The van der Waals surface area contributed by atoms with Crippen LogP contribution in [0.25, 0.3) is 11.0 Å². The number of fused-ring (bicyclic) bond motifs is 1. The first kappa shape index (κ1) is 13.5. The molecule has 0 spiro atoms. The van der Waals surface area contributed by atoms with E-state index in [4.69, 9.17) is 10.2 Å². The van der Waals surface area contributed by atoms with Gasteiger partial charge < -0.3 is 15.5 Å². The SMILES string of the molecule is Cc1c(CN=C(N)NCC(C)C)oc2ccccc12. The minimum absolute atomic E-state index is 0.466. The molecule has 0 bridgehead atoms. The first-order valence-electron chi connectivity index (χ1n) is 6.58. The molecule has 3 N–H and O–H groups in total. The fourth-order valence-corrected chi connectivity index (χ4v) is 1.90. The zero-order valence-corrected chi connectivity index (χ0v) is 11.7. The summed E-state index contributed by atoms with van der Waals surface area (Å²) < 4.78 is 5.78. The topological polar surface area (TPSA) is 63.5 Å². The predicted octanol–water partition coefficient (Wildman–Crippen LogP) is 2.80. The summed E-state index contributed by atoms with van der Waals surface area (Å²) in [7, 11) is 0. The number of aryl methyl sites for hydroxylation is 1. The Morgan fingerprint density at radius 1 is 1.37 bits per heavy atom. The summed E-state index contributed by atoms with van der Waals surface area (Å²) in [5.74, 6) is 1.88. The lowest BCUT2D eigenvalue weighted by atomic mass is 10.1. The Hall–Kier alpha value is -1.97. The number of nitrogens with one attached hydrogen (secondary N) is 1. The molecule has 4 heteroatoms. The number of nitrogens with zero attached hydrogens (tertiary/aromatic N) is 1. The highest BCUT2D eigenvalue weighted by molar-refractivity contribution is 5.82. The first-order valence-corrected chi connectivity index (χ1v) is 6.58. The van der Waals surface area contributed by atoms with Gasteiger partial charge in [-0.3, -0.25) is 0 Å². The maximum absolute atomic E-state index is 5.81. The number of rotatable bonds is 4. The van der Waals surface area contributed by atoms with Crippen LogP contribution in [0.1, 0.15) is 25.2 Å². The van der Waals surface area contributed by atoms with Crippen molar-refractivity contribution in [3.8, 4) is 0 Å². The molecule has 19 heavy (non-hydrogen) atoms. The van der Waals surface area contributed by atoms with Crippen molar-refractivity contribution in [1.29, 1.82) is 0 Å². The van der Waals surface area contributed by atoms with Gasteiger partial charge in [0, 0.05) is 17.5 Å². The molecular formula is C15H21N3O. The van der Waals surface area contributed by atoms with Gasteiger partial charge in [0.25, 0.3) is 0 Å². The van der Waals surface area contributed by atoms with E-state index in [1.807, 2.05) is 18.2 Å². The van der Waals surface area contributed by atoms with Crippen molar-refractivity contribution in [2.24, 2.45) is 16.6 Å². The van der Waals surface area contributed by atoms with Crippen molar-refractivity contribution in [1.82, 2.24) is 5.32 Å². The second kappa shape index (κ2) is 5.78.